The van der Waals surface area contributed by atoms with E-state index in [1.54, 1.807) is 25.3 Å². The number of nitrogens with one attached hydrogen (secondary N) is 1. The molecule has 0 atom stereocenters. The largest absolute Gasteiger partial charge is 0.497 e. The Morgan fingerprint density at radius 1 is 1.14 bits per heavy atom. The number of carbonyl (C=O) groups excluding carboxylic acids is 1. The number of hydrogen-bond acceptors (Lipinski definition) is 4. The van der Waals surface area contributed by atoms with Crippen LogP contribution in [0.2, 0.25) is 0 Å². The average Bonchev–Trinajstić information content (AvgIpc) is 2.53. The summed E-state index contributed by atoms with van der Waals surface area (Å²) < 4.78 is 10.5. The van der Waals surface area contributed by atoms with Gasteiger partial charge in [0.2, 0.25) is 0 Å². The zero-order valence-electron chi connectivity index (χ0n) is 11.8. The molecule has 0 heterocycles. The van der Waals surface area contributed by atoms with Gasteiger partial charge in [-0.15, -0.1) is 0 Å². The van der Waals surface area contributed by atoms with Gasteiger partial charge in [0, 0.05) is 18.3 Å². The molecule has 0 aliphatic carbocycles. The van der Waals surface area contributed by atoms with Crippen LogP contribution in [0.3, 0.4) is 0 Å². The van der Waals surface area contributed by atoms with Crippen LogP contribution in [-0.2, 0) is 11.3 Å². The lowest BCUT2D eigenvalue weighted by atomic mass is 10.2. The molecule has 0 radical (unpaired) electrons. The zero-order valence-corrected chi connectivity index (χ0v) is 11.8. The van der Waals surface area contributed by atoms with Crippen LogP contribution in [0.25, 0.3) is 0 Å². The van der Waals surface area contributed by atoms with Gasteiger partial charge in [-0.1, -0.05) is 18.2 Å². The van der Waals surface area contributed by atoms with Crippen molar-refractivity contribution >= 4 is 11.6 Å². The van der Waals surface area contributed by atoms with Crippen LogP contribution in [0, 0.1) is 0 Å². The number of methoxy groups -OCH3 is 1. The Morgan fingerprint density at radius 3 is 2.67 bits per heavy atom. The summed E-state index contributed by atoms with van der Waals surface area (Å²) in [6, 6.07) is 14.5. The smallest absolute Gasteiger partial charge is 0.262 e. The van der Waals surface area contributed by atoms with Crippen molar-refractivity contribution in [3.8, 4) is 11.5 Å². The topological polar surface area (TPSA) is 73.6 Å². The Morgan fingerprint density at radius 2 is 1.90 bits per heavy atom. The number of hydrogen-bond donors (Lipinski definition) is 2. The van der Waals surface area contributed by atoms with E-state index in [9.17, 15) is 4.79 Å². The van der Waals surface area contributed by atoms with Crippen molar-refractivity contribution in [1.82, 2.24) is 0 Å². The maximum atomic E-state index is 11.8. The second-order valence-corrected chi connectivity index (χ2v) is 4.42. The summed E-state index contributed by atoms with van der Waals surface area (Å²) in [6.07, 6.45) is 0. The molecule has 0 saturated carbocycles. The lowest BCUT2D eigenvalue weighted by molar-refractivity contribution is -0.118. The number of rotatable bonds is 6. The van der Waals surface area contributed by atoms with E-state index >= 15 is 0 Å². The Bertz CT molecular complexity index is 614. The van der Waals surface area contributed by atoms with E-state index in [0.29, 0.717) is 23.7 Å². The molecule has 0 aromatic heterocycles. The predicted molar refractivity (Wildman–Crippen MR) is 81.5 cm³/mol. The third kappa shape index (κ3) is 4.50. The molecular weight excluding hydrogens is 268 g/mol. The molecule has 0 saturated heterocycles. The Hall–Kier alpha value is -2.53. The first-order valence-electron chi connectivity index (χ1n) is 6.57. The monoisotopic (exact) mass is 286 g/mol. The summed E-state index contributed by atoms with van der Waals surface area (Å²) >= 11 is 0. The number of nitrogens with two attached hydrogens (primary N) is 1. The minimum Gasteiger partial charge on any atom is -0.497 e. The normalized spacial score (nSPS) is 10.0. The molecule has 21 heavy (non-hydrogen) atoms. The number of ether oxygens (including phenoxy) is 2. The van der Waals surface area contributed by atoms with Crippen LogP contribution in [0.15, 0.2) is 48.5 Å². The summed E-state index contributed by atoms with van der Waals surface area (Å²) in [5, 5.41) is 2.76. The van der Waals surface area contributed by atoms with Gasteiger partial charge in [0.15, 0.2) is 6.61 Å². The van der Waals surface area contributed by atoms with Crippen molar-refractivity contribution in [3.63, 3.8) is 0 Å². The molecule has 5 nitrogen and oxygen atoms in total. The fourth-order valence-electron chi connectivity index (χ4n) is 1.81. The second kappa shape index (κ2) is 7.31. The van der Waals surface area contributed by atoms with E-state index in [1.807, 2.05) is 30.3 Å². The highest BCUT2D eigenvalue weighted by atomic mass is 16.5. The van der Waals surface area contributed by atoms with Gasteiger partial charge in [-0.2, -0.15) is 0 Å². The van der Waals surface area contributed by atoms with E-state index in [0.717, 1.165) is 5.56 Å². The van der Waals surface area contributed by atoms with Crippen LogP contribution < -0.4 is 20.5 Å². The van der Waals surface area contributed by atoms with E-state index < -0.39 is 0 Å². The molecule has 110 valence electrons. The van der Waals surface area contributed by atoms with E-state index in [-0.39, 0.29) is 12.5 Å². The number of benzene rings is 2. The summed E-state index contributed by atoms with van der Waals surface area (Å²) in [4.78, 5) is 11.8. The van der Waals surface area contributed by atoms with Gasteiger partial charge in [0.05, 0.1) is 7.11 Å². The summed E-state index contributed by atoms with van der Waals surface area (Å²) in [5.41, 5.74) is 7.23. The van der Waals surface area contributed by atoms with Gasteiger partial charge >= 0.3 is 0 Å². The van der Waals surface area contributed by atoms with Gasteiger partial charge in [0.1, 0.15) is 11.5 Å². The minimum atomic E-state index is -0.230. The summed E-state index contributed by atoms with van der Waals surface area (Å²) in [6.45, 7) is 0.365. The van der Waals surface area contributed by atoms with Crippen molar-refractivity contribution in [2.24, 2.45) is 5.73 Å². The Kier molecular flexibility index (Phi) is 5.17. The van der Waals surface area contributed by atoms with Gasteiger partial charge in [-0.3, -0.25) is 4.79 Å². The third-order valence-electron chi connectivity index (χ3n) is 2.86. The second-order valence-electron chi connectivity index (χ2n) is 4.42. The predicted octanol–water partition coefficient (Wildman–Crippen LogP) is 2.17. The van der Waals surface area contributed by atoms with E-state index in [4.69, 9.17) is 15.2 Å². The van der Waals surface area contributed by atoms with Crippen molar-refractivity contribution < 1.29 is 14.3 Å². The Balaban J connectivity index is 1.89. The fraction of sp³-hybridized carbons (Fsp3) is 0.188. The lowest BCUT2D eigenvalue weighted by Crippen LogP contribution is -2.20. The highest BCUT2D eigenvalue weighted by Gasteiger charge is 2.05. The minimum absolute atomic E-state index is 0.0694. The van der Waals surface area contributed by atoms with Crippen molar-refractivity contribution in [1.29, 1.82) is 0 Å². The van der Waals surface area contributed by atoms with Crippen molar-refractivity contribution in [2.75, 3.05) is 19.0 Å². The molecule has 1 amide bonds. The van der Waals surface area contributed by atoms with Crippen LogP contribution in [0.4, 0.5) is 5.69 Å². The molecule has 0 bridgehead atoms. The average molecular weight is 286 g/mol. The van der Waals surface area contributed by atoms with Gasteiger partial charge in [0.25, 0.3) is 5.91 Å². The highest BCUT2D eigenvalue weighted by molar-refractivity contribution is 5.91. The van der Waals surface area contributed by atoms with Gasteiger partial charge in [-0.05, 0) is 29.8 Å². The van der Waals surface area contributed by atoms with Gasteiger partial charge < -0.3 is 20.5 Å². The standard InChI is InChI=1S/C16H18N2O3/c1-20-14-6-3-7-15(9-14)21-11-16(19)18-13-5-2-4-12(8-13)10-17/h2-9H,10-11,17H2,1H3,(H,18,19). The van der Waals surface area contributed by atoms with Crippen molar-refractivity contribution in [3.05, 3.63) is 54.1 Å². The SMILES string of the molecule is COc1cccc(OCC(=O)Nc2cccc(CN)c2)c1. The number of anilines is 1. The summed E-state index contributed by atoms with van der Waals surface area (Å²) in [5.74, 6) is 1.04. The van der Waals surface area contributed by atoms with Crippen molar-refractivity contribution in [2.45, 2.75) is 6.54 Å². The molecule has 0 unspecified atom stereocenters. The number of carbonyl (C=O) groups is 1. The molecule has 2 aromatic rings. The first-order valence-corrected chi connectivity index (χ1v) is 6.57. The molecule has 2 rings (SSSR count). The van der Waals surface area contributed by atoms with Gasteiger partial charge in [-0.25, -0.2) is 0 Å². The first-order chi connectivity index (χ1) is 10.2. The Labute approximate surface area is 123 Å². The van der Waals surface area contributed by atoms with Crippen LogP contribution in [-0.4, -0.2) is 19.6 Å². The molecule has 0 spiro atoms. The summed E-state index contributed by atoms with van der Waals surface area (Å²) in [7, 11) is 1.58. The maximum absolute atomic E-state index is 11.8. The van der Waals surface area contributed by atoms with Crippen LogP contribution in [0.5, 0.6) is 11.5 Å². The first kappa shape index (κ1) is 14.9. The fourth-order valence-corrected chi connectivity index (χ4v) is 1.81. The maximum Gasteiger partial charge on any atom is 0.262 e. The molecule has 0 fully saturated rings. The lowest BCUT2D eigenvalue weighted by Gasteiger charge is -2.09. The third-order valence-corrected chi connectivity index (χ3v) is 2.86. The molecule has 0 aliphatic rings. The van der Waals surface area contributed by atoms with E-state index in [1.165, 1.54) is 0 Å². The molecule has 3 N–H and O–H groups in total. The highest BCUT2D eigenvalue weighted by Crippen LogP contribution is 2.18. The molecule has 5 heteroatoms. The quantitative estimate of drug-likeness (QED) is 0.853. The van der Waals surface area contributed by atoms with Crippen LogP contribution in [0.1, 0.15) is 5.56 Å². The zero-order chi connectivity index (χ0) is 15.1. The molecule has 0 aliphatic heterocycles. The number of amides is 1. The molecular formula is C16H18N2O3. The van der Waals surface area contributed by atoms with E-state index in [2.05, 4.69) is 5.32 Å². The van der Waals surface area contributed by atoms with Crippen LogP contribution >= 0.6 is 0 Å². The molecule has 2 aromatic carbocycles.